The number of alkyl halides is 6. The summed E-state index contributed by atoms with van der Waals surface area (Å²) in [4.78, 5) is 31.5. The largest absolute Gasteiger partial charge is 0.469 e. The Bertz CT molecular complexity index is 1310. The number of carbonyl (C=O) groups excluding carboxylic acids is 2. The number of amides is 1. The van der Waals surface area contributed by atoms with Crippen molar-refractivity contribution in [3.05, 3.63) is 70.9 Å². The van der Waals surface area contributed by atoms with E-state index in [1.54, 1.807) is 6.20 Å². The van der Waals surface area contributed by atoms with Gasteiger partial charge in [0.25, 0.3) is 5.91 Å². The second-order valence-electron chi connectivity index (χ2n) is 9.49. The molecule has 0 radical (unpaired) electrons. The monoisotopic (exact) mass is 591 g/mol. The predicted molar refractivity (Wildman–Crippen MR) is 138 cm³/mol. The number of nitrogens with one attached hydrogen (secondary N) is 1. The van der Waals surface area contributed by atoms with Crippen molar-refractivity contribution in [3.8, 4) is 0 Å². The molecule has 1 aliphatic rings. The number of ether oxygens (including phenoxy) is 1. The van der Waals surface area contributed by atoms with Gasteiger partial charge in [0.15, 0.2) is 0 Å². The van der Waals surface area contributed by atoms with Gasteiger partial charge in [-0.25, -0.2) is 0 Å². The van der Waals surface area contributed by atoms with Gasteiger partial charge >= 0.3 is 18.3 Å². The van der Waals surface area contributed by atoms with E-state index in [2.05, 4.69) is 9.72 Å². The number of hydrogen-bond donors (Lipinski definition) is 1. The number of methoxy groups -OCH3 is 1. The number of benzene rings is 2. The molecule has 1 fully saturated rings. The molecule has 1 N–H and O–H groups in total. The number of halogens is 7. The van der Waals surface area contributed by atoms with Crippen LogP contribution in [0.4, 0.5) is 26.3 Å². The highest BCUT2D eigenvalue weighted by Crippen LogP contribution is 2.37. The van der Waals surface area contributed by atoms with Gasteiger partial charge in [0.2, 0.25) is 0 Å². The number of piperazine rings is 1. The van der Waals surface area contributed by atoms with E-state index in [-0.39, 0.29) is 37.4 Å². The van der Waals surface area contributed by atoms with Gasteiger partial charge in [-0.1, -0.05) is 18.2 Å². The summed E-state index contributed by atoms with van der Waals surface area (Å²) in [6.07, 6.45) is -7.30. The van der Waals surface area contributed by atoms with Gasteiger partial charge < -0.3 is 14.6 Å². The lowest BCUT2D eigenvalue weighted by atomic mass is 9.98. The van der Waals surface area contributed by atoms with Crippen molar-refractivity contribution in [1.82, 2.24) is 14.8 Å². The third kappa shape index (κ3) is 7.28. The smallest absolute Gasteiger partial charge is 0.416 e. The van der Waals surface area contributed by atoms with Crippen LogP contribution in [-0.4, -0.2) is 66.0 Å². The van der Waals surface area contributed by atoms with Crippen LogP contribution in [0.15, 0.2) is 48.7 Å². The molecule has 2 heterocycles. The van der Waals surface area contributed by atoms with Crippen molar-refractivity contribution in [1.29, 1.82) is 0 Å². The molecule has 1 unspecified atom stereocenters. The number of esters is 1. The van der Waals surface area contributed by atoms with Gasteiger partial charge in [-0.05, 0) is 49.2 Å². The summed E-state index contributed by atoms with van der Waals surface area (Å²) in [7, 11) is 1.29. The molecule has 1 aliphatic heterocycles. The summed E-state index contributed by atoms with van der Waals surface area (Å²) in [5.41, 5.74) is -2.00. The van der Waals surface area contributed by atoms with E-state index in [0.717, 1.165) is 16.5 Å². The first-order chi connectivity index (χ1) is 18.4. The van der Waals surface area contributed by atoms with Gasteiger partial charge in [-0.2, -0.15) is 26.3 Å². The molecule has 4 rings (SSSR count). The third-order valence-electron chi connectivity index (χ3n) is 6.88. The van der Waals surface area contributed by atoms with E-state index >= 15 is 0 Å². The first kappa shape index (κ1) is 31.3. The van der Waals surface area contributed by atoms with E-state index < -0.39 is 41.0 Å². The van der Waals surface area contributed by atoms with Crippen molar-refractivity contribution in [3.63, 3.8) is 0 Å². The van der Waals surface area contributed by atoms with E-state index in [0.29, 0.717) is 44.6 Å². The minimum atomic E-state index is -5.06. The molecule has 13 heteroatoms. The van der Waals surface area contributed by atoms with Crippen molar-refractivity contribution in [2.75, 3.05) is 33.3 Å². The Morgan fingerprint density at radius 2 is 1.65 bits per heavy atom. The normalized spacial score (nSPS) is 16.6. The number of rotatable bonds is 7. The highest BCUT2D eigenvalue weighted by molar-refractivity contribution is 5.95. The highest BCUT2D eigenvalue weighted by Gasteiger charge is 2.39. The molecular formula is C27H28ClF6N3O3. The van der Waals surface area contributed by atoms with Crippen LogP contribution < -0.4 is 0 Å². The van der Waals surface area contributed by atoms with Crippen LogP contribution in [-0.2, 0) is 28.3 Å². The first-order valence-corrected chi connectivity index (χ1v) is 12.3. The molecule has 3 aromatic rings. The van der Waals surface area contributed by atoms with Crippen LogP contribution in [0, 0.1) is 0 Å². The maximum Gasteiger partial charge on any atom is 0.416 e. The summed E-state index contributed by atoms with van der Waals surface area (Å²) < 4.78 is 85.3. The Kier molecular flexibility index (Phi) is 9.78. The maximum atomic E-state index is 13.5. The second-order valence-corrected chi connectivity index (χ2v) is 9.49. The van der Waals surface area contributed by atoms with Crippen molar-refractivity contribution < 1.29 is 40.7 Å². The molecule has 1 aromatic heterocycles. The molecule has 0 bridgehead atoms. The van der Waals surface area contributed by atoms with Gasteiger partial charge in [0.05, 0.1) is 18.2 Å². The molecule has 1 atom stereocenters. The lowest BCUT2D eigenvalue weighted by Crippen LogP contribution is -2.56. The van der Waals surface area contributed by atoms with Crippen molar-refractivity contribution >= 4 is 35.2 Å². The standard InChI is InChI=1S/C27H27F6N3O3.ClH/c1-39-24(37)7-4-8-35-9-10-36(21(16-35)13-18-15-34-23-6-3-2-5-22(18)23)25(38)17-11-19(26(28,29)30)14-20(12-17)27(31,32)33;/h2-3,5-6,11-12,14-15,21,34H,4,7-10,13,16H2,1H3;1H. The molecule has 2 aromatic carbocycles. The fraction of sp³-hybridized carbons (Fsp3) is 0.407. The predicted octanol–water partition coefficient (Wildman–Crippen LogP) is 5.95. The van der Waals surface area contributed by atoms with Crippen LogP contribution in [0.5, 0.6) is 0 Å². The zero-order valence-electron chi connectivity index (χ0n) is 21.4. The Hall–Kier alpha value is -3.25. The molecule has 40 heavy (non-hydrogen) atoms. The quantitative estimate of drug-likeness (QED) is 0.272. The van der Waals surface area contributed by atoms with Gasteiger partial charge in [-0.15, -0.1) is 12.4 Å². The topological polar surface area (TPSA) is 65.6 Å². The fourth-order valence-corrected chi connectivity index (χ4v) is 4.91. The summed E-state index contributed by atoms with van der Waals surface area (Å²) in [6.45, 7) is 1.30. The zero-order chi connectivity index (χ0) is 28.4. The minimum absolute atomic E-state index is 0. The molecule has 1 amide bonds. The summed E-state index contributed by atoms with van der Waals surface area (Å²) in [6, 6.07) is 7.91. The highest BCUT2D eigenvalue weighted by atomic mass is 35.5. The van der Waals surface area contributed by atoms with Crippen molar-refractivity contribution in [2.24, 2.45) is 0 Å². The molecule has 0 aliphatic carbocycles. The molecule has 1 saturated heterocycles. The Balaban J connectivity index is 0.00000441. The lowest BCUT2D eigenvalue weighted by molar-refractivity contribution is -0.143. The number of hydrogen-bond acceptors (Lipinski definition) is 4. The van der Waals surface area contributed by atoms with Crippen LogP contribution >= 0.6 is 12.4 Å². The van der Waals surface area contributed by atoms with E-state index in [9.17, 15) is 35.9 Å². The van der Waals surface area contributed by atoms with Crippen LogP contribution in [0.1, 0.15) is 39.9 Å². The number of para-hydroxylation sites is 1. The lowest BCUT2D eigenvalue weighted by Gasteiger charge is -2.42. The van der Waals surface area contributed by atoms with Crippen LogP contribution in [0.2, 0.25) is 0 Å². The molecule has 218 valence electrons. The average Bonchev–Trinajstić information content (AvgIpc) is 3.30. The first-order valence-electron chi connectivity index (χ1n) is 12.3. The number of H-pyrrole nitrogens is 1. The Morgan fingerprint density at radius 3 is 2.27 bits per heavy atom. The van der Waals surface area contributed by atoms with E-state index in [1.165, 1.54) is 12.0 Å². The van der Waals surface area contributed by atoms with E-state index in [4.69, 9.17) is 0 Å². The summed E-state index contributed by atoms with van der Waals surface area (Å²) >= 11 is 0. The number of aromatic amines is 1. The number of fused-ring (bicyclic) bond motifs is 1. The summed E-state index contributed by atoms with van der Waals surface area (Å²) in [5, 5.41) is 0.908. The average molecular weight is 592 g/mol. The Morgan fingerprint density at radius 1 is 1.00 bits per heavy atom. The Labute approximate surface area is 232 Å². The van der Waals surface area contributed by atoms with Gasteiger partial charge in [0.1, 0.15) is 0 Å². The maximum absolute atomic E-state index is 13.5. The van der Waals surface area contributed by atoms with E-state index in [1.807, 2.05) is 29.2 Å². The number of aromatic nitrogens is 1. The second kappa shape index (κ2) is 12.5. The molecule has 6 nitrogen and oxygen atoms in total. The van der Waals surface area contributed by atoms with Crippen molar-refractivity contribution in [2.45, 2.75) is 37.7 Å². The summed E-state index contributed by atoms with van der Waals surface area (Å²) in [5.74, 6) is -1.25. The third-order valence-corrected chi connectivity index (χ3v) is 6.88. The van der Waals surface area contributed by atoms with Crippen LogP contribution in [0.25, 0.3) is 10.9 Å². The molecular weight excluding hydrogens is 564 g/mol. The van der Waals surface area contributed by atoms with Gasteiger partial charge in [0, 0.05) is 54.8 Å². The molecule has 0 saturated carbocycles. The molecule has 0 spiro atoms. The fourth-order valence-electron chi connectivity index (χ4n) is 4.91. The SMILES string of the molecule is COC(=O)CCCN1CCN(C(=O)c2cc(C(F)(F)F)cc(C(F)(F)F)c2)C(Cc2c[nH]c3ccccc23)C1.Cl. The van der Waals surface area contributed by atoms with Crippen LogP contribution in [0.3, 0.4) is 0 Å². The van der Waals surface area contributed by atoms with Gasteiger partial charge in [-0.3, -0.25) is 14.5 Å². The number of carbonyl (C=O) groups is 2. The minimum Gasteiger partial charge on any atom is -0.469 e. The number of nitrogens with zero attached hydrogens (tertiary/aromatic N) is 2. The zero-order valence-corrected chi connectivity index (χ0v) is 22.3.